The number of hydrogen-bond donors (Lipinski definition) is 1. The van der Waals surface area contributed by atoms with Gasteiger partial charge in [0.2, 0.25) is 0 Å². The molecule has 0 aliphatic heterocycles. The first kappa shape index (κ1) is 14.1. The van der Waals surface area contributed by atoms with Crippen molar-refractivity contribution in [3.8, 4) is 0 Å². The second kappa shape index (κ2) is 6.73. The molecule has 0 unspecified atom stereocenters. The third-order valence-electron chi connectivity index (χ3n) is 3.11. The molecular formula is C15H20ClN3. The maximum Gasteiger partial charge on any atom is 0.113 e. The van der Waals surface area contributed by atoms with Gasteiger partial charge in [0.05, 0.1) is 0 Å². The van der Waals surface area contributed by atoms with Crippen LogP contribution >= 0.6 is 11.6 Å². The lowest BCUT2D eigenvalue weighted by atomic mass is 10.1. The summed E-state index contributed by atoms with van der Waals surface area (Å²) in [7, 11) is 1.93. The minimum Gasteiger partial charge on any atom is -0.335 e. The van der Waals surface area contributed by atoms with Crippen molar-refractivity contribution in [2.75, 3.05) is 7.05 Å². The third-order valence-corrected chi connectivity index (χ3v) is 3.47. The molecule has 0 saturated carbocycles. The van der Waals surface area contributed by atoms with Gasteiger partial charge in [-0.15, -0.1) is 0 Å². The van der Waals surface area contributed by atoms with E-state index in [4.69, 9.17) is 11.6 Å². The highest BCUT2D eigenvalue weighted by Crippen LogP contribution is 2.20. The Balaban J connectivity index is 2.16. The molecular weight excluding hydrogens is 258 g/mol. The molecule has 0 spiro atoms. The Morgan fingerprint density at radius 3 is 2.89 bits per heavy atom. The number of aryl methyl sites for hydroxylation is 1. The van der Waals surface area contributed by atoms with E-state index >= 15 is 0 Å². The Kier molecular flexibility index (Phi) is 5.00. The molecule has 102 valence electrons. The van der Waals surface area contributed by atoms with Gasteiger partial charge in [0.15, 0.2) is 0 Å². The van der Waals surface area contributed by atoms with Crippen molar-refractivity contribution in [3.05, 3.63) is 52.6 Å². The number of halogens is 1. The van der Waals surface area contributed by atoms with Crippen molar-refractivity contribution in [2.24, 2.45) is 0 Å². The van der Waals surface area contributed by atoms with Crippen LogP contribution < -0.4 is 5.32 Å². The van der Waals surface area contributed by atoms with E-state index in [0.717, 1.165) is 42.3 Å². The Morgan fingerprint density at radius 2 is 2.21 bits per heavy atom. The minimum atomic E-state index is 0.783. The lowest BCUT2D eigenvalue weighted by molar-refractivity contribution is 0.647. The quantitative estimate of drug-likeness (QED) is 0.878. The molecule has 0 aliphatic rings. The number of nitrogens with one attached hydrogen (secondary N) is 1. The van der Waals surface area contributed by atoms with Crippen molar-refractivity contribution in [2.45, 2.75) is 32.9 Å². The number of benzene rings is 1. The summed E-state index contributed by atoms with van der Waals surface area (Å²) in [6, 6.07) is 6.24. The van der Waals surface area contributed by atoms with E-state index in [-0.39, 0.29) is 0 Å². The molecule has 2 aromatic rings. The van der Waals surface area contributed by atoms with E-state index in [0.29, 0.717) is 0 Å². The smallest absolute Gasteiger partial charge is 0.113 e. The van der Waals surface area contributed by atoms with Crippen LogP contribution in [-0.4, -0.2) is 16.6 Å². The number of imidazole rings is 1. The molecule has 3 nitrogen and oxygen atoms in total. The van der Waals surface area contributed by atoms with E-state index in [1.54, 1.807) is 0 Å². The SMILES string of the molecule is CCCn1ccnc1Cc1ccc(CNC)cc1Cl. The lowest BCUT2D eigenvalue weighted by Gasteiger charge is -2.09. The Morgan fingerprint density at radius 1 is 1.37 bits per heavy atom. The summed E-state index contributed by atoms with van der Waals surface area (Å²) in [5, 5.41) is 3.95. The predicted molar refractivity (Wildman–Crippen MR) is 79.5 cm³/mol. The molecule has 0 amide bonds. The molecule has 1 heterocycles. The summed E-state index contributed by atoms with van der Waals surface area (Å²) in [5.41, 5.74) is 2.33. The van der Waals surface area contributed by atoms with Crippen LogP contribution in [0.1, 0.15) is 30.3 Å². The fourth-order valence-corrected chi connectivity index (χ4v) is 2.44. The van der Waals surface area contributed by atoms with Crippen molar-refractivity contribution in [1.82, 2.24) is 14.9 Å². The Bertz CT molecular complexity index is 534. The molecule has 0 fully saturated rings. The molecule has 0 radical (unpaired) electrons. The normalized spacial score (nSPS) is 10.9. The van der Waals surface area contributed by atoms with Gasteiger partial charge >= 0.3 is 0 Å². The number of nitrogens with zero attached hydrogens (tertiary/aromatic N) is 2. The summed E-state index contributed by atoms with van der Waals surface area (Å²) in [5.74, 6) is 1.07. The Labute approximate surface area is 119 Å². The number of aromatic nitrogens is 2. The van der Waals surface area contributed by atoms with Gasteiger partial charge in [-0.25, -0.2) is 4.98 Å². The van der Waals surface area contributed by atoms with Crippen molar-refractivity contribution in [1.29, 1.82) is 0 Å². The molecule has 0 bridgehead atoms. The zero-order chi connectivity index (χ0) is 13.7. The number of hydrogen-bond acceptors (Lipinski definition) is 2. The topological polar surface area (TPSA) is 29.9 Å². The standard InChI is InChI=1S/C15H20ClN3/c1-3-7-19-8-6-18-15(19)10-13-5-4-12(11-17-2)9-14(13)16/h4-6,8-9,17H,3,7,10-11H2,1-2H3. The van der Waals surface area contributed by atoms with E-state index in [1.807, 2.05) is 25.5 Å². The molecule has 0 saturated heterocycles. The summed E-state index contributed by atoms with van der Waals surface area (Å²) >= 11 is 6.35. The summed E-state index contributed by atoms with van der Waals surface area (Å²) in [4.78, 5) is 4.42. The fraction of sp³-hybridized carbons (Fsp3) is 0.400. The second-order valence-electron chi connectivity index (χ2n) is 4.67. The van der Waals surface area contributed by atoms with Gasteiger partial charge in [0, 0.05) is 36.9 Å². The van der Waals surface area contributed by atoms with E-state index in [2.05, 4.69) is 33.9 Å². The predicted octanol–water partition coefficient (Wildman–Crippen LogP) is 3.26. The van der Waals surface area contributed by atoms with Crippen LogP contribution in [-0.2, 0) is 19.5 Å². The van der Waals surface area contributed by atoms with Crippen LogP contribution in [0.15, 0.2) is 30.6 Å². The van der Waals surface area contributed by atoms with Crippen molar-refractivity contribution in [3.63, 3.8) is 0 Å². The highest BCUT2D eigenvalue weighted by Gasteiger charge is 2.07. The molecule has 2 rings (SSSR count). The van der Waals surface area contributed by atoms with Crippen molar-refractivity contribution < 1.29 is 0 Å². The van der Waals surface area contributed by atoms with Crippen LogP contribution in [0.25, 0.3) is 0 Å². The van der Waals surface area contributed by atoms with E-state index in [9.17, 15) is 0 Å². The number of rotatable bonds is 6. The molecule has 0 atom stereocenters. The zero-order valence-electron chi connectivity index (χ0n) is 11.5. The van der Waals surface area contributed by atoms with E-state index < -0.39 is 0 Å². The third kappa shape index (κ3) is 3.58. The molecule has 0 aliphatic carbocycles. The van der Waals surface area contributed by atoms with Crippen molar-refractivity contribution >= 4 is 11.6 Å². The van der Waals surface area contributed by atoms with Crippen LogP contribution in [0.5, 0.6) is 0 Å². The average Bonchev–Trinajstić information content (AvgIpc) is 2.81. The zero-order valence-corrected chi connectivity index (χ0v) is 12.2. The van der Waals surface area contributed by atoms with Crippen LogP contribution in [0.2, 0.25) is 5.02 Å². The van der Waals surface area contributed by atoms with Crippen LogP contribution in [0.3, 0.4) is 0 Å². The summed E-state index contributed by atoms with van der Waals surface area (Å²) in [6.45, 7) is 4.01. The highest BCUT2D eigenvalue weighted by atomic mass is 35.5. The molecule has 1 N–H and O–H groups in total. The summed E-state index contributed by atoms with van der Waals surface area (Å²) < 4.78 is 2.19. The molecule has 4 heteroatoms. The first-order chi connectivity index (χ1) is 9.24. The Hall–Kier alpha value is -1.32. The van der Waals surface area contributed by atoms with Crippen LogP contribution in [0.4, 0.5) is 0 Å². The molecule has 1 aromatic heterocycles. The van der Waals surface area contributed by atoms with E-state index in [1.165, 1.54) is 5.56 Å². The monoisotopic (exact) mass is 277 g/mol. The summed E-state index contributed by atoms with van der Waals surface area (Å²) in [6.07, 6.45) is 5.78. The minimum absolute atomic E-state index is 0.783. The van der Waals surface area contributed by atoms with Gasteiger partial charge in [0.25, 0.3) is 0 Å². The van der Waals surface area contributed by atoms with Gasteiger partial charge in [-0.1, -0.05) is 30.7 Å². The molecule has 1 aromatic carbocycles. The molecule has 19 heavy (non-hydrogen) atoms. The van der Waals surface area contributed by atoms with Crippen LogP contribution in [0, 0.1) is 0 Å². The van der Waals surface area contributed by atoms with Gasteiger partial charge in [-0.2, -0.15) is 0 Å². The lowest BCUT2D eigenvalue weighted by Crippen LogP contribution is -2.06. The first-order valence-corrected chi connectivity index (χ1v) is 7.04. The van der Waals surface area contributed by atoms with Gasteiger partial charge in [-0.05, 0) is 30.7 Å². The maximum absolute atomic E-state index is 6.35. The average molecular weight is 278 g/mol. The second-order valence-corrected chi connectivity index (χ2v) is 5.08. The maximum atomic E-state index is 6.35. The highest BCUT2D eigenvalue weighted by molar-refractivity contribution is 6.31. The first-order valence-electron chi connectivity index (χ1n) is 6.66. The van der Waals surface area contributed by atoms with Gasteiger partial charge in [0.1, 0.15) is 5.82 Å². The fourth-order valence-electron chi connectivity index (χ4n) is 2.17. The largest absolute Gasteiger partial charge is 0.335 e. The van der Waals surface area contributed by atoms with Gasteiger partial charge < -0.3 is 9.88 Å². The van der Waals surface area contributed by atoms with Gasteiger partial charge in [-0.3, -0.25) is 0 Å².